The Labute approximate surface area is 191 Å². The quantitative estimate of drug-likeness (QED) is 0.455. The molecule has 1 saturated heterocycles. The molecule has 0 unspecified atom stereocenters. The number of benzene rings is 3. The van der Waals surface area contributed by atoms with E-state index in [1.807, 2.05) is 29.2 Å². The normalized spacial score (nSPS) is 14.4. The Hall–Kier alpha value is -3.87. The van der Waals surface area contributed by atoms with Crippen molar-refractivity contribution in [3.8, 4) is 16.8 Å². The lowest BCUT2D eigenvalue weighted by Gasteiger charge is -2.32. The predicted molar refractivity (Wildman–Crippen MR) is 123 cm³/mol. The molecule has 7 heteroatoms. The summed E-state index contributed by atoms with van der Waals surface area (Å²) in [5, 5.41) is 11.4. The van der Waals surface area contributed by atoms with Gasteiger partial charge in [-0.05, 0) is 82.6 Å². The lowest BCUT2D eigenvalue weighted by atomic mass is 9.90. The van der Waals surface area contributed by atoms with Crippen molar-refractivity contribution in [2.75, 3.05) is 13.1 Å². The first-order chi connectivity index (χ1) is 16.2. The SMILES string of the molecule is O=C(c1cc(-c2ccc(F)cc2)cc(-n2cnnn2)c1)N1CCC(Cc2ccccc2)CC1. The third-order valence-corrected chi connectivity index (χ3v) is 6.22. The van der Waals surface area contributed by atoms with E-state index >= 15 is 0 Å². The van der Waals surface area contributed by atoms with E-state index in [4.69, 9.17) is 0 Å². The van der Waals surface area contributed by atoms with Gasteiger partial charge in [-0.15, -0.1) is 5.10 Å². The molecule has 6 nitrogen and oxygen atoms in total. The van der Waals surface area contributed by atoms with Crippen LogP contribution >= 0.6 is 0 Å². The fraction of sp³-hybridized carbons (Fsp3) is 0.231. The van der Waals surface area contributed by atoms with Gasteiger partial charge in [0.25, 0.3) is 5.91 Å². The van der Waals surface area contributed by atoms with Gasteiger partial charge in [0.05, 0.1) is 5.69 Å². The van der Waals surface area contributed by atoms with Crippen molar-refractivity contribution in [1.82, 2.24) is 25.1 Å². The predicted octanol–water partition coefficient (Wildman–Crippen LogP) is 4.56. The molecule has 0 spiro atoms. The Bertz CT molecular complexity index is 1220. The van der Waals surface area contributed by atoms with Crippen LogP contribution in [-0.4, -0.2) is 44.1 Å². The van der Waals surface area contributed by atoms with Crippen molar-refractivity contribution in [3.63, 3.8) is 0 Å². The zero-order chi connectivity index (χ0) is 22.6. The third kappa shape index (κ3) is 4.82. The van der Waals surface area contributed by atoms with Crippen LogP contribution in [0.4, 0.5) is 4.39 Å². The van der Waals surface area contributed by atoms with Gasteiger partial charge in [0.2, 0.25) is 0 Å². The molecule has 0 aliphatic carbocycles. The van der Waals surface area contributed by atoms with Crippen molar-refractivity contribution < 1.29 is 9.18 Å². The van der Waals surface area contributed by atoms with Crippen molar-refractivity contribution in [2.45, 2.75) is 19.3 Å². The van der Waals surface area contributed by atoms with Gasteiger partial charge in [0.15, 0.2) is 0 Å². The molecule has 1 aliphatic heterocycles. The summed E-state index contributed by atoms with van der Waals surface area (Å²) in [6.07, 6.45) is 4.51. The van der Waals surface area contributed by atoms with Crippen LogP contribution in [0.5, 0.6) is 0 Å². The van der Waals surface area contributed by atoms with Crippen LogP contribution in [0.15, 0.2) is 79.1 Å². The van der Waals surface area contributed by atoms with Crippen LogP contribution in [-0.2, 0) is 6.42 Å². The number of halogens is 1. The lowest BCUT2D eigenvalue weighted by molar-refractivity contribution is 0.0690. The minimum atomic E-state index is -0.301. The van der Waals surface area contributed by atoms with Gasteiger partial charge < -0.3 is 4.90 Å². The van der Waals surface area contributed by atoms with Crippen LogP contribution in [0.3, 0.4) is 0 Å². The van der Waals surface area contributed by atoms with Crippen LogP contribution in [0.1, 0.15) is 28.8 Å². The minimum Gasteiger partial charge on any atom is -0.339 e. The van der Waals surface area contributed by atoms with E-state index in [1.165, 1.54) is 28.7 Å². The molecule has 0 saturated carbocycles. The Balaban J connectivity index is 1.36. The number of tetrazole rings is 1. The number of piperidine rings is 1. The van der Waals surface area contributed by atoms with Crippen molar-refractivity contribution >= 4 is 5.91 Å². The van der Waals surface area contributed by atoms with E-state index in [1.54, 1.807) is 12.1 Å². The summed E-state index contributed by atoms with van der Waals surface area (Å²) in [4.78, 5) is 15.4. The zero-order valence-electron chi connectivity index (χ0n) is 18.1. The molecule has 33 heavy (non-hydrogen) atoms. The summed E-state index contributed by atoms with van der Waals surface area (Å²) < 4.78 is 15.0. The summed E-state index contributed by atoms with van der Waals surface area (Å²) in [6, 6.07) is 22.3. The highest BCUT2D eigenvalue weighted by Crippen LogP contribution is 2.27. The molecule has 0 bridgehead atoms. The maximum Gasteiger partial charge on any atom is 0.253 e. The lowest BCUT2D eigenvalue weighted by Crippen LogP contribution is -2.39. The molecule has 1 fully saturated rings. The first kappa shape index (κ1) is 21.0. The van der Waals surface area contributed by atoms with Crippen molar-refractivity contribution in [2.24, 2.45) is 5.92 Å². The fourth-order valence-electron chi connectivity index (χ4n) is 4.43. The maximum absolute atomic E-state index is 13.4. The average Bonchev–Trinajstić information content (AvgIpc) is 3.40. The van der Waals surface area contributed by atoms with Crippen LogP contribution in [0.25, 0.3) is 16.8 Å². The Morgan fingerprint density at radius 3 is 2.39 bits per heavy atom. The molecule has 166 valence electrons. The summed E-state index contributed by atoms with van der Waals surface area (Å²) in [7, 11) is 0. The molecule has 1 amide bonds. The van der Waals surface area contributed by atoms with Gasteiger partial charge in [0.1, 0.15) is 12.1 Å². The van der Waals surface area contributed by atoms with E-state index in [0.717, 1.165) is 43.5 Å². The molecule has 4 aromatic rings. The van der Waals surface area contributed by atoms with Crippen molar-refractivity contribution in [3.05, 3.63) is 96.1 Å². The third-order valence-electron chi connectivity index (χ3n) is 6.22. The number of likely N-dealkylation sites (tertiary alicyclic amines) is 1. The summed E-state index contributed by atoms with van der Waals surface area (Å²) in [5.41, 5.74) is 4.24. The Morgan fingerprint density at radius 1 is 0.939 bits per heavy atom. The summed E-state index contributed by atoms with van der Waals surface area (Å²) in [6.45, 7) is 1.47. The molecule has 5 rings (SSSR count). The van der Waals surface area contributed by atoms with Crippen LogP contribution < -0.4 is 0 Å². The highest BCUT2D eigenvalue weighted by atomic mass is 19.1. The monoisotopic (exact) mass is 441 g/mol. The van der Waals surface area contributed by atoms with Crippen molar-refractivity contribution in [1.29, 1.82) is 0 Å². The number of rotatable bonds is 5. The standard InChI is InChI=1S/C26H24FN5O/c27-24-8-6-21(7-9-24)22-15-23(17-25(16-22)32-18-28-29-30-32)26(33)31-12-10-20(11-13-31)14-19-4-2-1-3-5-19/h1-9,15-18,20H,10-14H2. The highest BCUT2D eigenvalue weighted by molar-refractivity contribution is 5.96. The zero-order valence-corrected chi connectivity index (χ0v) is 18.1. The molecule has 3 aromatic carbocycles. The van der Waals surface area contributed by atoms with Gasteiger partial charge in [-0.25, -0.2) is 9.07 Å². The molecule has 0 N–H and O–H groups in total. The second-order valence-corrected chi connectivity index (χ2v) is 8.46. The number of nitrogens with zero attached hydrogens (tertiary/aromatic N) is 5. The van der Waals surface area contributed by atoms with Gasteiger partial charge >= 0.3 is 0 Å². The van der Waals surface area contributed by atoms with Gasteiger partial charge in [-0.2, -0.15) is 0 Å². The smallest absolute Gasteiger partial charge is 0.253 e. The number of carbonyl (C=O) groups excluding carboxylic acids is 1. The van der Waals surface area contributed by atoms with Gasteiger partial charge in [-0.3, -0.25) is 4.79 Å². The summed E-state index contributed by atoms with van der Waals surface area (Å²) >= 11 is 0. The first-order valence-corrected chi connectivity index (χ1v) is 11.1. The molecule has 0 atom stereocenters. The molecule has 0 radical (unpaired) electrons. The average molecular weight is 442 g/mol. The second-order valence-electron chi connectivity index (χ2n) is 8.46. The minimum absolute atomic E-state index is 0.00792. The molecule has 1 aliphatic rings. The number of amides is 1. The Kier molecular flexibility index (Phi) is 5.93. The highest BCUT2D eigenvalue weighted by Gasteiger charge is 2.24. The second kappa shape index (κ2) is 9.32. The van der Waals surface area contributed by atoms with E-state index in [0.29, 0.717) is 17.2 Å². The van der Waals surface area contributed by atoms with Gasteiger partial charge in [0, 0.05) is 18.7 Å². The molecule has 1 aromatic heterocycles. The molecular weight excluding hydrogens is 417 g/mol. The number of aromatic nitrogens is 4. The number of hydrogen-bond donors (Lipinski definition) is 0. The van der Waals surface area contributed by atoms with Crippen LogP contribution in [0, 0.1) is 11.7 Å². The van der Waals surface area contributed by atoms with E-state index in [-0.39, 0.29) is 11.7 Å². The Morgan fingerprint density at radius 2 is 1.70 bits per heavy atom. The summed E-state index contributed by atoms with van der Waals surface area (Å²) in [5.74, 6) is 0.273. The van der Waals surface area contributed by atoms with E-state index in [9.17, 15) is 9.18 Å². The van der Waals surface area contributed by atoms with Crippen LogP contribution in [0.2, 0.25) is 0 Å². The molecular formula is C26H24FN5O. The fourth-order valence-corrected chi connectivity index (χ4v) is 4.43. The number of hydrogen-bond acceptors (Lipinski definition) is 4. The first-order valence-electron chi connectivity index (χ1n) is 11.1. The van der Waals surface area contributed by atoms with Gasteiger partial charge in [-0.1, -0.05) is 42.5 Å². The van der Waals surface area contributed by atoms with E-state index in [2.05, 4.69) is 39.8 Å². The maximum atomic E-state index is 13.4. The van der Waals surface area contributed by atoms with E-state index < -0.39 is 0 Å². The topological polar surface area (TPSA) is 63.9 Å². The largest absolute Gasteiger partial charge is 0.339 e. The number of carbonyl (C=O) groups is 1. The molecule has 2 heterocycles.